The molecule has 2 nitrogen and oxygen atoms in total. The molecule has 2 rings (SSSR count). The molecule has 0 aliphatic heterocycles. The normalized spacial score (nSPS) is 17.7. The van der Waals surface area contributed by atoms with Crippen molar-refractivity contribution in [3.8, 4) is 5.75 Å². The summed E-state index contributed by atoms with van der Waals surface area (Å²) in [4.78, 5) is 0. The Bertz CT molecular complexity index is 341. The van der Waals surface area contributed by atoms with Gasteiger partial charge in [0.25, 0.3) is 0 Å². The Morgan fingerprint density at radius 3 is 2.50 bits per heavy atom. The fourth-order valence-corrected chi connectivity index (χ4v) is 2.71. The fourth-order valence-electron chi connectivity index (χ4n) is 2.71. The van der Waals surface area contributed by atoms with Gasteiger partial charge in [0.15, 0.2) is 0 Å². The molecule has 0 radical (unpaired) electrons. The summed E-state index contributed by atoms with van der Waals surface area (Å²) in [6.45, 7) is 5.22. The highest BCUT2D eigenvalue weighted by Crippen LogP contribution is 2.29. The lowest BCUT2D eigenvalue weighted by atomic mass is 9.99. The second kappa shape index (κ2) is 6.67. The van der Waals surface area contributed by atoms with E-state index < -0.39 is 0 Å². The minimum Gasteiger partial charge on any atom is -0.494 e. The fraction of sp³-hybridized carbons (Fsp3) is 0.625. The summed E-state index contributed by atoms with van der Waals surface area (Å²) < 4.78 is 5.59. The highest BCUT2D eigenvalue weighted by molar-refractivity contribution is 5.47. The van der Waals surface area contributed by atoms with Crippen LogP contribution in [0.1, 0.15) is 46.0 Å². The smallest absolute Gasteiger partial charge is 0.119 e. The van der Waals surface area contributed by atoms with E-state index >= 15 is 0 Å². The number of hydrogen-bond donors (Lipinski definition) is 1. The Hall–Kier alpha value is -1.18. The van der Waals surface area contributed by atoms with Gasteiger partial charge in [0.2, 0.25) is 0 Å². The molecule has 0 amide bonds. The van der Waals surface area contributed by atoms with Gasteiger partial charge in [-0.15, -0.1) is 0 Å². The van der Waals surface area contributed by atoms with Crippen molar-refractivity contribution in [1.29, 1.82) is 0 Å². The molecule has 2 heteroatoms. The molecule has 1 atom stereocenters. The molecule has 1 unspecified atom stereocenters. The first kappa shape index (κ1) is 13.3. The molecule has 1 aromatic carbocycles. The molecule has 0 heterocycles. The highest BCUT2D eigenvalue weighted by Gasteiger charge is 2.21. The monoisotopic (exact) mass is 247 g/mol. The molecule has 0 saturated heterocycles. The topological polar surface area (TPSA) is 21.3 Å². The van der Waals surface area contributed by atoms with Crippen molar-refractivity contribution in [2.24, 2.45) is 5.92 Å². The standard InChI is InChI=1S/C16H25NO/c1-3-12-18-16-10-8-15(9-11-16)17-13(2)14-6-4-5-7-14/h8-11,13-14,17H,3-7,12H2,1-2H3. The first-order chi connectivity index (χ1) is 8.79. The third kappa shape index (κ3) is 3.66. The molecule has 100 valence electrons. The summed E-state index contributed by atoms with van der Waals surface area (Å²) in [5.74, 6) is 1.82. The molecular weight excluding hydrogens is 222 g/mol. The second-order valence-corrected chi connectivity index (χ2v) is 5.35. The minimum absolute atomic E-state index is 0.579. The number of anilines is 1. The molecule has 0 bridgehead atoms. The summed E-state index contributed by atoms with van der Waals surface area (Å²) in [5, 5.41) is 3.61. The van der Waals surface area contributed by atoms with Crippen LogP contribution in [-0.2, 0) is 0 Å². The average molecular weight is 247 g/mol. The zero-order valence-corrected chi connectivity index (χ0v) is 11.6. The van der Waals surface area contributed by atoms with Crippen molar-refractivity contribution in [2.75, 3.05) is 11.9 Å². The van der Waals surface area contributed by atoms with E-state index in [0.717, 1.165) is 24.7 Å². The lowest BCUT2D eigenvalue weighted by molar-refractivity contribution is 0.317. The van der Waals surface area contributed by atoms with Crippen LogP contribution in [0.4, 0.5) is 5.69 Å². The quantitative estimate of drug-likeness (QED) is 0.801. The molecule has 0 aromatic heterocycles. The molecule has 18 heavy (non-hydrogen) atoms. The van der Waals surface area contributed by atoms with E-state index in [9.17, 15) is 0 Å². The largest absolute Gasteiger partial charge is 0.494 e. The number of rotatable bonds is 6. The summed E-state index contributed by atoms with van der Waals surface area (Å²) in [6, 6.07) is 8.93. The van der Waals surface area contributed by atoms with E-state index in [4.69, 9.17) is 4.74 Å². The first-order valence-corrected chi connectivity index (χ1v) is 7.29. The van der Waals surface area contributed by atoms with Crippen molar-refractivity contribution in [1.82, 2.24) is 0 Å². The van der Waals surface area contributed by atoms with Crippen LogP contribution in [0.2, 0.25) is 0 Å². The molecular formula is C16H25NO. The van der Waals surface area contributed by atoms with E-state index in [1.165, 1.54) is 31.4 Å². The van der Waals surface area contributed by atoms with Gasteiger partial charge in [-0.2, -0.15) is 0 Å². The van der Waals surface area contributed by atoms with E-state index in [0.29, 0.717) is 6.04 Å². The summed E-state index contributed by atoms with van der Waals surface area (Å²) >= 11 is 0. The van der Waals surface area contributed by atoms with E-state index in [1.807, 2.05) is 0 Å². The van der Waals surface area contributed by atoms with Crippen LogP contribution in [0.25, 0.3) is 0 Å². The number of benzene rings is 1. The second-order valence-electron chi connectivity index (χ2n) is 5.35. The van der Waals surface area contributed by atoms with Crippen molar-refractivity contribution in [3.05, 3.63) is 24.3 Å². The Balaban J connectivity index is 1.85. The average Bonchev–Trinajstić information content (AvgIpc) is 2.92. The predicted octanol–water partition coefficient (Wildman–Crippen LogP) is 4.47. The maximum atomic E-state index is 5.59. The van der Waals surface area contributed by atoms with Gasteiger partial charge in [0, 0.05) is 11.7 Å². The lowest BCUT2D eigenvalue weighted by Gasteiger charge is -2.21. The van der Waals surface area contributed by atoms with Gasteiger partial charge in [0.05, 0.1) is 6.61 Å². The zero-order valence-electron chi connectivity index (χ0n) is 11.6. The van der Waals surface area contributed by atoms with Crippen molar-refractivity contribution < 1.29 is 4.74 Å². The van der Waals surface area contributed by atoms with Gasteiger partial charge in [-0.25, -0.2) is 0 Å². The van der Waals surface area contributed by atoms with Crippen LogP contribution < -0.4 is 10.1 Å². The van der Waals surface area contributed by atoms with Crippen LogP contribution in [0.15, 0.2) is 24.3 Å². The van der Waals surface area contributed by atoms with Crippen LogP contribution >= 0.6 is 0 Å². The summed E-state index contributed by atoms with van der Waals surface area (Å²) in [7, 11) is 0. The summed E-state index contributed by atoms with van der Waals surface area (Å²) in [5.41, 5.74) is 1.21. The van der Waals surface area contributed by atoms with E-state index in [-0.39, 0.29) is 0 Å². The van der Waals surface area contributed by atoms with Gasteiger partial charge in [-0.1, -0.05) is 19.8 Å². The van der Waals surface area contributed by atoms with Gasteiger partial charge in [-0.05, 0) is 56.4 Å². The number of hydrogen-bond acceptors (Lipinski definition) is 2. The first-order valence-electron chi connectivity index (χ1n) is 7.29. The number of nitrogens with one attached hydrogen (secondary N) is 1. The number of ether oxygens (including phenoxy) is 1. The van der Waals surface area contributed by atoms with Gasteiger partial charge in [-0.3, -0.25) is 0 Å². The third-order valence-corrected chi connectivity index (χ3v) is 3.83. The lowest BCUT2D eigenvalue weighted by Crippen LogP contribution is -2.23. The van der Waals surface area contributed by atoms with Crippen molar-refractivity contribution in [3.63, 3.8) is 0 Å². The molecule has 1 N–H and O–H groups in total. The zero-order chi connectivity index (χ0) is 12.8. The molecule has 1 aromatic rings. The third-order valence-electron chi connectivity index (χ3n) is 3.83. The molecule has 1 aliphatic rings. The Labute approximate surface area is 111 Å². The summed E-state index contributed by atoms with van der Waals surface area (Å²) in [6.07, 6.45) is 6.62. The van der Waals surface area contributed by atoms with Crippen molar-refractivity contribution >= 4 is 5.69 Å². The SMILES string of the molecule is CCCOc1ccc(NC(C)C2CCCC2)cc1. The minimum atomic E-state index is 0.579. The van der Waals surface area contributed by atoms with Crippen LogP contribution in [-0.4, -0.2) is 12.6 Å². The van der Waals surface area contributed by atoms with Crippen LogP contribution in [0.5, 0.6) is 5.75 Å². The van der Waals surface area contributed by atoms with Crippen molar-refractivity contribution in [2.45, 2.75) is 52.0 Å². The maximum Gasteiger partial charge on any atom is 0.119 e. The van der Waals surface area contributed by atoms with Gasteiger partial charge in [0.1, 0.15) is 5.75 Å². The molecule has 1 fully saturated rings. The predicted molar refractivity (Wildman–Crippen MR) is 77.3 cm³/mol. The molecule has 1 saturated carbocycles. The molecule has 0 spiro atoms. The van der Waals surface area contributed by atoms with Crippen LogP contribution in [0.3, 0.4) is 0 Å². The van der Waals surface area contributed by atoms with E-state index in [1.54, 1.807) is 0 Å². The highest BCUT2D eigenvalue weighted by atomic mass is 16.5. The molecule has 1 aliphatic carbocycles. The van der Waals surface area contributed by atoms with Gasteiger partial charge < -0.3 is 10.1 Å². The Morgan fingerprint density at radius 2 is 1.89 bits per heavy atom. The maximum absolute atomic E-state index is 5.59. The Morgan fingerprint density at radius 1 is 1.22 bits per heavy atom. The van der Waals surface area contributed by atoms with Crippen LogP contribution in [0, 0.1) is 5.92 Å². The Kier molecular flexibility index (Phi) is 4.91. The van der Waals surface area contributed by atoms with E-state index in [2.05, 4.69) is 43.4 Å². The van der Waals surface area contributed by atoms with Gasteiger partial charge >= 0.3 is 0 Å².